The third kappa shape index (κ3) is 8.05. The van der Waals surface area contributed by atoms with Crippen molar-refractivity contribution < 1.29 is 24.2 Å². The first kappa shape index (κ1) is 32.5. The molecule has 42 heavy (non-hydrogen) atoms. The molecule has 3 N–H and O–H groups in total. The zero-order chi connectivity index (χ0) is 31.2. The quantitative estimate of drug-likeness (QED) is 0.239. The number of aryl methyl sites for hydroxylation is 1. The van der Waals surface area contributed by atoms with Gasteiger partial charge in [-0.2, -0.15) is 0 Å². The lowest BCUT2D eigenvalue weighted by atomic mass is 9.88. The van der Waals surface area contributed by atoms with Gasteiger partial charge >= 0.3 is 5.97 Å². The summed E-state index contributed by atoms with van der Waals surface area (Å²) in [4.78, 5) is 25.5. The number of likely N-dealkylation sites (N-methyl/N-ethyl adjacent to an activating group) is 1. The molecule has 1 aromatic heterocycles. The fourth-order valence-electron chi connectivity index (χ4n) is 5.08. The topological polar surface area (TPSA) is 94.8 Å². The highest BCUT2D eigenvalue weighted by molar-refractivity contribution is 6.09. The lowest BCUT2D eigenvalue weighted by Crippen LogP contribution is -2.29. The maximum atomic E-state index is 12.3. The number of carboxylic acids is 1. The van der Waals surface area contributed by atoms with E-state index in [1.807, 2.05) is 58.3 Å². The van der Waals surface area contributed by atoms with Crippen LogP contribution in [0.1, 0.15) is 53.5 Å². The van der Waals surface area contributed by atoms with E-state index in [0.29, 0.717) is 5.69 Å². The number of carbonyl (C=O) groups is 2. The number of benzene rings is 3. The first-order valence-corrected chi connectivity index (χ1v) is 14.0. The Morgan fingerprint density at radius 3 is 2.17 bits per heavy atom. The Labute approximate surface area is 247 Å². The molecule has 1 aliphatic heterocycles. The van der Waals surface area contributed by atoms with Crippen LogP contribution < -0.4 is 10.2 Å². The largest absolute Gasteiger partial charge is 0.481 e. The first-order valence-electron chi connectivity index (χ1n) is 14.0. The van der Waals surface area contributed by atoms with Crippen LogP contribution in [0, 0.1) is 19.7 Å². The molecule has 7 nitrogen and oxygen atoms in total. The first-order chi connectivity index (χ1) is 19.7. The van der Waals surface area contributed by atoms with Crippen molar-refractivity contribution in [2.45, 2.75) is 59.7 Å². The van der Waals surface area contributed by atoms with Crippen molar-refractivity contribution >= 4 is 28.8 Å². The molecule has 0 atom stereocenters. The minimum absolute atomic E-state index is 0.0482. The number of anilines is 1. The molecule has 0 unspecified atom stereocenters. The van der Waals surface area contributed by atoms with Crippen molar-refractivity contribution in [2.24, 2.45) is 0 Å². The summed E-state index contributed by atoms with van der Waals surface area (Å²) in [5.74, 6) is -1.04. The van der Waals surface area contributed by atoms with Crippen molar-refractivity contribution in [3.05, 3.63) is 88.4 Å². The molecule has 0 saturated carbocycles. The van der Waals surface area contributed by atoms with Gasteiger partial charge in [-0.1, -0.05) is 42.0 Å². The van der Waals surface area contributed by atoms with Crippen molar-refractivity contribution in [3.63, 3.8) is 0 Å². The summed E-state index contributed by atoms with van der Waals surface area (Å²) in [6.45, 7) is 11.6. The summed E-state index contributed by atoms with van der Waals surface area (Å²) in [6.07, 6.45) is 0.841. The van der Waals surface area contributed by atoms with E-state index in [0.717, 1.165) is 75.9 Å². The fourth-order valence-corrected chi connectivity index (χ4v) is 5.08. The molecule has 0 amide bonds. The molecule has 224 valence electrons. The lowest BCUT2D eigenvalue weighted by molar-refractivity contribution is -0.136. The average molecular weight is 576 g/mol. The summed E-state index contributed by atoms with van der Waals surface area (Å²) >= 11 is 0. The zero-order valence-electron chi connectivity index (χ0n) is 25.6. The van der Waals surface area contributed by atoms with Gasteiger partial charge in [0.05, 0.1) is 28.9 Å². The molecule has 0 bridgehead atoms. The summed E-state index contributed by atoms with van der Waals surface area (Å²) in [5.41, 5.74) is 8.12. The number of aromatic nitrogens is 1. The molecule has 0 saturated heterocycles. The van der Waals surface area contributed by atoms with Crippen LogP contribution in [0.25, 0.3) is 22.0 Å². The van der Waals surface area contributed by atoms with Gasteiger partial charge in [-0.25, -0.2) is 4.39 Å². The maximum absolute atomic E-state index is 12.3. The van der Waals surface area contributed by atoms with Crippen molar-refractivity contribution in [2.75, 3.05) is 25.5 Å². The van der Waals surface area contributed by atoms with Crippen LogP contribution in [0.2, 0.25) is 0 Å². The minimum atomic E-state index is -0.855. The van der Waals surface area contributed by atoms with Gasteiger partial charge in [-0.15, -0.1) is 0 Å². The van der Waals surface area contributed by atoms with E-state index in [4.69, 9.17) is 5.11 Å². The number of nitrogens with one attached hydrogen (secondary N) is 1. The molecule has 8 heteroatoms. The van der Waals surface area contributed by atoms with Gasteiger partial charge in [0.2, 0.25) is 0 Å². The molecule has 1 aliphatic rings. The third-order valence-corrected chi connectivity index (χ3v) is 6.86. The van der Waals surface area contributed by atoms with E-state index in [9.17, 15) is 19.1 Å². The summed E-state index contributed by atoms with van der Waals surface area (Å²) < 4.78 is 14.4. The number of carboxylic acid groups (broad SMARTS) is 1. The van der Waals surface area contributed by atoms with Gasteiger partial charge in [0.1, 0.15) is 5.82 Å². The minimum Gasteiger partial charge on any atom is -0.481 e. The smallest absolute Gasteiger partial charge is 0.307 e. The number of aldehydes is 1. The number of aliphatic carboxylic acids is 1. The van der Waals surface area contributed by atoms with Crippen LogP contribution in [0.15, 0.2) is 54.6 Å². The van der Waals surface area contributed by atoms with E-state index in [1.54, 1.807) is 32.9 Å². The predicted molar refractivity (Wildman–Crippen MR) is 168 cm³/mol. The van der Waals surface area contributed by atoms with E-state index in [1.165, 1.54) is 12.1 Å². The second-order valence-corrected chi connectivity index (χ2v) is 11.6. The molecule has 5 rings (SSSR count). The fraction of sp³-hybridized carbons (Fsp3) is 0.353. The van der Waals surface area contributed by atoms with Crippen LogP contribution in [-0.4, -0.2) is 53.3 Å². The Bertz CT molecular complexity index is 1530. The standard InChI is InChI=1S/C22H22N2O3.C8H10FN.C4H10O/c1-13-4-6-15(7-5-13)20-17(11-19(26)27)14(2)21-22-18(20)10-16(12-25)24(22)9-8-23(21)3;1-10-6-7-2-4-8(9)5-3-7;1-4(2,3)5/h4-7,10,12H,8-9,11H2,1-3H3,(H,26,27);2-5,10H,6H2,1H3;5H,1-3H3. The zero-order valence-corrected chi connectivity index (χ0v) is 25.6. The van der Waals surface area contributed by atoms with Crippen molar-refractivity contribution in [3.8, 4) is 11.1 Å². The highest BCUT2D eigenvalue weighted by atomic mass is 19.1. The van der Waals surface area contributed by atoms with Gasteiger partial charge in [0, 0.05) is 32.1 Å². The van der Waals surface area contributed by atoms with Crippen LogP contribution in [-0.2, 0) is 24.3 Å². The molecule has 4 aromatic rings. The van der Waals surface area contributed by atoms with E-state index in [-0.39, 0.29) is 12.2 Å². The van der Waals surface area contributed by atoms with Gasteiger partial charge < -0.3 is 25.0 Å². The number of hydrogen-bond donors (Lipinski definition) is 3. The van der Waals surface area contributed by atoms with Gasteiger partial charge in [0.15, 0.2) is 6.29 Å². The van der Waals surface area contributed by atoms with Gasteiger partial charge in [-0.3, -0.25) is 9.59 Å². The van der Waals surface area contributed by atoms with E-state index in [2.05, 4.69) is 14.8 Å². The Morgan fingerprint density at radius 2 is 1.64 bits per heavy atom. The number of hydrogen-bond acceptors (Lipinski definition) is 5. The Balaban J connectivity index is 0.000000266. The second-order valence-electron chi connectivity index (χ2n) is 11.6. The number of aliphatic hydroxyl groups is 1. The van der Waals surface area contributed by atoms with Gasteiger partial charge in [-0.05, 0) is 87.7 Å². The summed E-state index contributed by atoms with van der Waals surface area (Å²) in [6, 6.07) is 16.5. The van der Waals surface area contributed by atoms with Crippen molar-refractivity contribution in [1.82, 2.24) is 9.88 Å². The Morgan fingerprint density at radius 1 is 1.05 bits per heavy atom. The maximum Gasteiger partial charge on any atom is 0.307 e. The molecule has 0 spiro atoms. The SMILES string of the molecule is CC(C)(C)O.CNCc1ccc(F)cc1.Cc1ccc(-c2c(CC(=O)O)c(C)c3c4c2cc(C=O)n4CCN3C)cc1. The predicted octanol–water partition coefficient (Wildman–Crippen LogP) is 6.14. The number of rotatable bonds is 6. The molecular weight excluding hydrogens is 533 g/mol. The number of halogens is 1. The van der Waals surface area contributed by atoms with Crippen LogP contribution in [0.4, 0.5) is 10.1 Å². The second kappa shape index (κ2) is 13.8. The van der Waals surface area contributed by atoms with Gasteiger partial charge in [0.25, 0.3) is 0 Å². The molecule has 3 aromatic carbocycles. The highest BCUT2D eigenvalue weighted by Crippen LogP contribution is 2.44. The molecule has 2 heterocycles. The van der Waals surface area contributed by atoms with Crippen molar-refractivity contribution in [1.29, 1.82) is 0 Å². The van der Waals surface area contributed by atoms with E-state index < -0.39 is 11.6 Å². The summed E-state index contributed by atoms with van der Waals surface area (Å²) in [7, 11) is 3.89. The Hall–Kier alpha value is -4.01. The monoisotopic (exact) mass is 575 g/mol. The third-order valence-electron chi connectivity index (χ3n) is 6.86. The Kier molecular flexibility index (Phi) is 10.7. The highest BCUT2D eigenvalue weighted by Gasteiger charge is 2.28. The molecule has 0 fully saturated rings. The molecule has 0 aliphatic carbocycles. The van der Waals surface area contributed by atoms with Crippen LogP contribution in [0.5, 0.6) is 0 Å². The van der Waals surface area contributed by atoms with Crippen LogP contribution in [0.3, 0.4) is 0 Å². The lowest BCUT2D eigenvalue weighted by Gasteiger charge is -2.31. The summed E-state index contributed by atoms with van der Waals surface area (Å²) in [5, 5.41) is 22.0. The van der Waals surface area contributed by atoms with Crippen LogP contribution >= 0.6 is 0 Å². The molecular formula is C34H42FN3O4. The number of carbonyl (C=O) groups excluding carboxylic acids is 1. The number of nitrogens with zero attached hydrogens (tertiary/aromatic N) is 2. The normalized spacial score (nSPS) is 12.3. The molecule has 0 radical (unpaired) electrons. The van der Waals surface area contributed by atoms with E-state index >= 15 is 0 Å². The average Bonchev–Trinajstić information content (AvgIpc) is 3.28.